The van der Waals surface area contributed by atoms with Gasteiger partial charge >= 0.3 is 11.9 Å². The van der Waals surface area contributed by atoms with E-state index in [1.54, 1.807) is 0 Å². The summed E-state index contributed by atoms with van der Waals surface area (Å²) in [5.74, 6) is -3.45. The topological polar surface area (TPSA) is 202 Å². The summed E-state index contributed by atoms with van der Waals surface area (Å²) in [7, 11) is 0. The second-order valence-corrected chi connectivity index (χ2v) is 17.9. The molecule has 0 radical (unpaired) electrons. The third kappa shape index (κ3) is 22.9. The zero-order chi connectivity index (χ0) is 44.6. The lowest BCUT2D eigenvalue weighted by molar-refractivity contribution is -0.383. The van der Waals surface area contributed by atoms with Crippen molar-refractivity contribution < 1.29 is 63.9 Å². The molecule has 6 N–H and O–H groups in total. The Morgan fingerprint density at radius 2 is 0.885 bits per heavy atom. The molecule has 2 fully saturated rings. The van der Waals surface area contributed by atoms with Crippen LogP contribution in [0.5, 0.6) is 0 Å². The maximum Gasteiger partial charge on any atom is 0.306 e. The fourth-order valence-corrected chi connectivity index (χ4v) is 8.49. The summed E-state index contributed by atoms with van der Waals surface area (Å²) in [4.78, 5) is 25.5. The van der Waals surface area contributed by atoms with E-state index >= 15 is 0 Å². The summed E-state index contributed by atoms with van der Waals surface area (Å²) < 4.78 is 28.2. The second kappa shape index (κ2) is 34.9. The van der Waals surface area contributed by atoms with Crippen LogP contribution in [0, 0.1) is 0 Å². The summed E-state index contributed by atoms with van der Waals surface area (Å²) >= 11 is 0. The molecule has 0 spiro atoms. The van der Waals surface area contributed by atoms with Crippen molar-refractivity contribution in [1.29, 1.82) is 0 Å². The Kier molecular flexibility index (Phi) is 31.9. The minimum absolute atomic E-state index is 0.0487. The summed E-state index contributed by atoms with van der Waals surface area (Å²) in [6.45, 7) is 2.35. The number of hydrogen-bond acceptors (Lipinski definition) is 13. The molecule has 0 aliphatic carbocycles. The van der Waals surface area contributed by atoms with E-state index in [-0.39, 0.29) is 12.8 Å². The predicted molar refractivity (Wildman–Crippen MR) is 235 cm³/mol. The molecule has 0 saturated carbocycles. The first-order chi connectivity index (χ1) is 29.6. The van der Waals surface area contributed by atoms with Gasteiger partial charge in [0, 0.05) is 12.8 Å². The first-order valence-electron chi connectivity index (χ1n) is 24.9. The standard InChI is InChI=1S/C48H90O13/c1-3-5-7-9-11-13-15-17-19-21-23-25-27-29-31-33-40(51)57-36-39-42(53)44(55)45(56)47(58-39)61-48(37-50)46(43(54)38(35-49)60-48)59-41(52)34-32-30-28-26-24-22-20-18-16-14-12-10-8-6-4-2/h38-39,42-47,49-50,53-56H,3-37H2,1-2H3/t38-,39-,42-,43-,44+,45-,46+,47-,48+/m1/s1. The number of esters is 2. The molecule has 0 amide bonds. The van der Waals surface area contributed by atoms with Gasteiger partial charge in [-0.15, -0.1) is 0 Å². The number of unbranched alkanes of at least 4 members (excludes halogenated alkanes) is 28. The SMILES string of the molecule is CCCCCCCCCCCCCCCCCC(=O)OC[C@H]1O[C@H](O[C@]2(CO)O[C@H](CO)[C@@H](O)[C@@H]2OC(=O)CCCCCCCCCCCCCCCCC)[C@H](O)[C@@H](O)[C@@H]1O. The van der Waals surface area contributed by atoms with E-state index in [0.29, 0.717) is 12.8 Å². The van der Waals surface area contributed by atoms with E-state index in [2.05, 4.69) is 13.8 Å². The maximum atomic E-state index is 13.0. The molecule has 13 nitrogen and oxygen atoms in total. The van der Waals surface area contributed by atoms with Gasteiger partial charge in [0.15, 0.2) is 12.4 Å². The summed E-state index contributed by atoms with van der Waals surface area (Å²) in [6, 6.07) is 0. The van der Waals surface area contributed by atoms with Crippen LogP contribution in [-0.2, 0) is 33.3 Å². The monoisotopic (exact) mass is 875 g/mol. The van der Waals surface area contributed by atoms with Crippen LogP contribution in [0.25, 0.3) is 0 Å². The highest BCUT2D eigenvalue weighted by Crippen LogP contribution is 2.38. The Morgan fingerprint density at radius 3 is 1.28 bits per heavy atom. The zero-order valence-electron chi connectivity index (χ0n) is 38.4. The Morgan fingerprint density at radius 1 is 0.492 bits per heavy atom. The van der Waals surface area contributed by atoms with Crippen molar-refractivity contribution in [3.8, 4) is 0 Å². The van der Waals surface area contributed by atoms with Gasteiger partial charge in [0.2, 0.25) is 5.79 Å². The van der Waals surface area contributed by atoms with E-state index in [1.807, 2.05) is 0 Å². The fraction of sp³-hybridized carbons (Fsp3) is 0.958. The van der Waals surface area contributed by atoms with E-state index in [0.717, 1.165) is 44.9 Å². The molecule has 61 heavy (non-hydrogen) atoms. The first-order valence-corrected chi connectivity index (χ1v) is 24.9. The quantitative estimate of drug-likeness (QED) is 0.0255. The Hall–Kier alpha value is -1.42. The summed E-state index contributed by atoms with van der Waals surface area (Å²) in [5, 5.41) is 63.5. The maximum absolute atomic E-state index is 13.0. The van der Waals surface area contributed by atoms with Crippen LogP contribution in [-0.4, -0.2) is 117 Å². The van der Waals surface area contributed by atoms with Crippen molar-refractivity contribution >= 4 is 11.9 Å². The van der Waals surface area contributed by atoms with Gasteiger partial charge in [-0.3, -0.25) is 9.59 Å². The van der Waals surface area contributed by atoms with E-state index < -0.39 is 86.6 Å². The van der Waals surface area contributed by atoms with Crippen LogP contribution in [0.3, 0.4) is 0 Å². The molecule has 2 heterocycles. The van der Waals surface area contributed by atoms with Gasteiger partial charge in [-0.05, 0) is 12.8 Å². The normalized spacial score (nSPS) is 26.5. The lowest BCUT2D eigenvalue weighted by atomic mass is 9.98. The molecule has 13 heteroatoms. The van der Waals surface area contributed by atoms with Crippen LogP contribution < -0.4 is 0 Å². The molecule has 2 rings (SSSR count). The number of aliphatic hydroxyl groups excluding tert-OH is 6. The Labute approximate surface area is 369 Å². The fourth-order valence-electron chi connectivity index (χ4n) is 8.49. The van der Waals surface area contributed by atoms with Crippen molar-refractivity contribution in [1.82, 2.24) is 0 Å². The highest BCUT2D eigenvalue weighted by molar-refractivity contribution is 5.70. The van der Waals surface area contributed by atoms with Crippen molar-refractivity contribution in [2.24, 2.45) is 0 Å². The molecule has 0 aromatic rings. The molecular weight excluding hydrogens is 785 g/mol. The van der Waals surface area contributed by atoms with E-state index in [1.165, 1.54) is 135 Å². The average molecular weight is 875 g/mol. The number of rotatable bonds is 39. The van der Waals surface area contributed by atoms with Gasteiger partial charge in [0.05, 0.1) is 6.61 Å². The lowest BCUT2D eigenvalue weighted by Gasteiger charge is -2.43. The molecule has 9 atom stereocenters. The molecule has 0 aromatic heterocycles. The van der Waals surface area contributed by atoms with Crippen molar-refractivity contribution in [3.63, 3.8) is 0 Å². The number of carbonyl (C=O) groups is 2. The molecule has 0 bridgehead atoms. The molecule has 2 aliphatic rings. The van der Waals surface area contributed by atoms with Crippen LogP contribution in [0.1, 0.15) is 219 Å². The first kappa shape index (κ1) is 55.7. The van der Waals surface area contributed by atoms with Gasteiger partial charge in [-0.25, -0.2) is 0 Å². The van der Waals surface area contributed by atoms with E-state index in [4.69, 9.17) is 23.7 Å². The van der Waals surface area contributed by atoms with Gasteiger partial charge < -0.3 is 54.3 Å². The number of hydrogen-bond donors (Lipinski definition) is 6. The molecule has 0 aromatic carbocycles. The minimum Gasteiger partial charge on any atom is -0.463 e. The third-order valence-electron chi connectivity index (χ3n) is 12.5. The third-order valence-corrected chi connectivity index (χ3v) is 12.5. The van der Waals surface area contributed by atoms with Crippen LogP contribution in [0.2, 0.25) is 0 Å². The zero-order valence-corrected chi connectivity index (χ0v) is 38.4. The molecule has 2 saturated heterocycles. The largest absolute Gasteiger partial charge is 0.463 e. The van der Waals surface area contributed by atoms with Crippen LogP contribution in [0.4, 0.5) is 0 Å². The number of ether oxygens (including phenoxy) is 5. The second-order valence-electron chi connectivity index (χ2n) is 17.9. The lowest BCUT2D eigenvalue weighted by Crippen LogP contribution is -2.63. The average Bonchev–Trinajstić information content (AvgIpc) is 3.52. The van der Waals surface area contributed by atoms with Crippen molar-refractivity contribution in [2.45, 2.75) is 274 Å². The highest BCUT2D eigenvalue weighted by Gasteiger charge is 2.61. The minimum atomic E-state index is -2.29. The van der Waals surface area contributed by atoms with Crippen molar-refractivity contribution in [2.75, 3.05) is 19.8 Å². The summed E-state index contributed by atoms with van der Waals surface area (Å²) in [5.41, 5.74) is 0. The van der Waals surface area contributed by atoms with Crippen LogP contribution >= 0.6 is 0 Å². The van der Waals surface area contributed by atoms with Gasteiger partial charge in [0.1, 0.15) is 49.8 Å². The highest BCUT2D eigenvalue weighted by atomic mass is 16.8. The molecule has 2 aliphatic heterocycles. The van der Waals surface area contributed by atoms with Gasteiger partial charge in [0.25, 0.3) is 0 Å². The van der Waals surface area contributed by atoms with Gasteiger partial charge in [-0.1, -0.05) is 194 Å². The Bertz CT molecular complexity index is 1080. The van der Waals surface area contributed by atoms with Gasteiger partial charge in [-0.2, -0.15) is 0 Å². The molecular formula is C48H90O13. The van der Waals surface area contributed by atoms with Crippen molar-refractivity contribution in [3.05, 3.63) is 0 Å². The number of aliphatic hydroxyl groups is 6. The van der Waals surface area contributed by atoms with Crippen LogP contribution in [0.15, 0.2) is 0 Å². The number of carbonyl (C=O) groups excluding carboxylic acids is 2. The Balaban J connectivity index is 1.71. The molecule has 0 unspecified atom stereocenters. The molecule has 360 valence electrons. The summed E-state index contributed by atoms with van der Waals surface area (Å²) in [6.07, 6.45) is 23.1. The smallest absolute Gasteiger partial charge is 0.306 e. The predicted octanol–water partition coefficient (Wildman–Crippen LogP) is 8.23. The van der Waals surface area contributed by atoms with E-state index in [9.17, 15) is 40.2 Å².